The molecule has 1 saturated carbocycles. The van der Waals surface area contributed by atoms with Crippen LogP contribution in [-0.2, 0) is 6.54 Å². The van der Waals surface area contributed by atoms with Gasteiger partial charge in [0.25, 0.3) is 0 Å². The zero-order valence-corrected chi connectivity index (χ0v) is 13.2. The van der Waals surface area contributed by atoms with Crippen molar-refractivity contribution in [3.8, 4) is 0 Å². The molecule has 106 valence electrons. The fourth-order valence-corrected chi connectivity index (χ4v) is 3.26. The van der Waals surface area contributed by atoms with Gasteiger partial charge in [0, 0.05) is 23.5 Å². The predicted molar refractivity (Wildman–Crippen MR) is 80.1 cm³/mol. The number of aryl methyl sites for hydroxylation is 1. The Morgan fingerprint density at radius 3 is 2.53 bits per heavy atom. The smallest absolute Gasteiger partial charge is 0.182 e. The van der Waals surface area contributed by atoms with E-state index in [-0.39, 0.29) is 5.78 Å². The van der Waals surface area contributed by atoms with Crippen molar-refractivity contribution in [1.29, 1.82) is 0 Å². The number of Topliss-reactive ketones (excluding diaryl/α,β-unsaturated/α-hetero) is 1. The number of aromatic nitrogens is 1. The first kappa shape index (κ1) is 14.6. The van der Waals surface area contributed by atoms with Gasteiger partial charge in [0.05, 0.1) is 5.38 Å². The molecule has 1 fully saturated rings. The van der Waals surface area contributed by atoms with Crippen molar-refractivity contribution < 1.29 is 4.79 Å². The maximum atomic E-state index is 12.1. The zero-order valence-electron chi connectivity index (χ0n) is 12.4. The van der Waals surface area contributed by atoms with Crippen molar-refractivity contribution in [2.75, 3.05) is 0 Å². The Balaban J connectivity index is 2.29. The van der Waals surface area contributed by atoms with E-state index in [2.05, 4.69) is 18.4 Å². The molecule has 3 heteroatoms. The highest BCUT2D eigenvalue weighted by atomic mass is 35.5. The van der Waals surface area contributed by atoms with E-state index in [1.54, 1.807) is 6.92 Å². The molecule has 1 aromatic rings. The Morgan fingerprint density at radius 2 is 2.11 bits per heavy atom. The first-order valence-electron chi connectivity index (χ1n) is 7.25. The van der Waals surface area contributed by atoms with Gasteiger partial charge in [0.2, 0.25) is 0 Å². The molecule has 2 nitrogen and oxygen atoms in total. The highest BCUT2D eigenvalue weighted by Gasteiger charge is 2.36. The number of hydrogen-bond acceptors (Lipinski definition) is 1. The van der Waals surface area contributed by atoms with Gasteiger partial charge in [-0.2, -0.15) is 0 Å². The number of rotatable bonds is 5. The highest BCUT2D eigenvalue weighted by molar-refractivity contribution is 6.33. The molecule has 0 saturated heterocycles. The largest absolute Gasteiger partial charge is 0.348 e. The number of halogens is 1. The van der Waals surface area contributed by atoms with Crippen LogP contribution in [0, 0.1) is 19.3 Å². The molecular formula is C16H24ClNO. The van der Waals surface area contributed by atoms with Crippen LogP contribution in [0.2, 0.25) is 0 Å². The van der Waals surface area contributed by atoms with Crippen LogP contribution in [-0.4, -0.2) is 15.7 Å². The average Bonchev–Trinajstić information content (AvgIpc) is 2.59. The van der Waals surface area contributed by atoms with E-state index in [1.807, 2.05) is 13.0 Å². The van der Waals surface area contributed by atoms with Crippen molar-refractivity contribution in [3.63, 3.8) is 0 Å². The Kier molecular flexibility index (Phi) is 4.10. The van der Waals surface area contributed by atoms with E-state index in [1.165, 1.54) is 31.4 Å². The SMILES string of the molecule is CCC1(Cn2c(C)cc(C(=O)C(C)Cl)c2C)CCC1. The zero-order chi connectivity index (χ0) is 14.2. The van der Waals surface area contributed by atoms with E-state index in [4.69, 9.17) is 11.6 Å². The summed E-state index contributed by atoms with van der Waals surface area (Å²) < 4.78 is 2.31. The van der Waals surface area contributed by atoms with Crippen molar-refractivity contribution in [2.24, 2.45) is 5.41 Å². The van der Waals surface area contributed by atoms with Crippen molar-refractivity contribution in [1.82, 2.24) is 4.57 Å². The third-order valence-corrected chi connectivity index (χ3v) is 5.06. The summed E-state index contributed by atoms with van der Waals surface area (Å²) in [4.78, 5) is 12.1. The summed E-state index contributed by atoms with van der Waals surface area (Å²) in [5.41, 5.74) is 3.51. The van der Waals surface area contributed by atoms with Crippen molar-refractivity contribution >= 4 is 17.4 Å². The molecule has 0 aliphatic heterocycles. The van der Waals surface area contributed by atoms with Crippen LogP contribution in [0.1, 0.15) is 61.3 Å². The minimum absolute atomic E-state index is 0.0418. The van der Waals surface area contributed by atoms with Gasteiger partial charge in [0.15, 0.2) is 5.78 Å². The molecule has 0 spiro atoms. The Hall–Kier alpha value is -0.760. The molecule has 1 aliphatic rings. The van der Waals surface area contributed by atoms with E-state index < -0.39 is 5.38 Å². The molecular weight excluding hydrogens is 258 g/mol. The minimum atomic E-state index is -0.446. The highest BCUT2D eigenvalue weighted by Crippen LogP contribution is 2.45. The van der Waals surface area contributed by atoms with E-state index in [0.29, 0.717) is 5.41 Å². The topological polar surface area (TPSA) is 22.0 Å². The Morgan fingerprint density at radius 1 is 1.47 bits per heavy atom. The van der Waals surface area contributed by atoms with Crippen LogP contribution in [0.4, 0.5) is 0 Å². The Labute approximate surface area is 121 Å². The monoisotopic (exact) mass is 281 g/mol. The summed E-state index contributed by atoms with van der Waals surface area (Å²) in [6.07, 6.45) is 5.20. The minimum Gasteiger partial charge on any atom is -0.348 e. The van der Waals surface area contributed by atoms with Crippen LogP contribution in [0.25, 0.3) is 0 Å². The standard InChI is InChI=1S/C16H24ClNO/c1-5-16(7-6-8-16)10-18-11(2)9-14(13(18)4)15(19)12(3)17/h9,12H,5-8,10H2,1-4H3. The van der Waals surface area contributed by atoms with Gasteiger partial charge in [-0.3, -0.25) is 4.79 Å². The Bertz CT molecular complexity index is 478. The van der Waals surface area contributed by atoms with Crippen LogP contribution in [0.3, 0.4) is 0 Å². The lowest BCUT2D eigenvalue weighted by atomic mass is 9.67. The normalized spacial score (nSPS) is 19.0. The fraction of sp³-hybridized carbons (Fsp3) is 0.688. The summed E-state index contributed by atoms with van der Waals surface area (Å²) in [6.45, 7) is 9.20. The number of alkyl halides is 1. The van der Waals surface area contributed by atoms with Gasteiger partial charge in [-0.25, -0.2) is 0 Å². The van der Waals surface area contributed by atoms with Crippen LogP contribution in [0.15, 0.2) is 6.07 Å². The maximum Gasteiger partial charge on any atom is 0.182 e. The molecule has 1 aromatic heterocycles. The molecule has 0 bridgehead atoms. The third-order valence-electron chi connectivity index (χ3n) is 4.86. The van der Waals surface area contributed by atoms with E-state index in [0.717, 1.165) is 17.8 Å². The van der Waals surface area contributed by atoms with Crippen LogP contribution >= 0.6 is 11.6 Å². The van der Waals surface area contributed by atoms with Crippen LogP contribution in [0.5, 0.6) is 0 Å². The fourth-order valence-electron chi connectivity index (χ4n) is 3.14. The van der Waals surface area contributed by atoms with Gasteiger partial charge in [0.1, 0.15) is 0 Å². The quantitative estimate of drug-likeness (QED) is 0.575. The van der Waals surface area contributed by atoms with Gasteiger partial charge >= 0.3 is 0 Å². The summed E-state index contributed by atoms with van der Waals surface area (Å²) in [7, 11) is 0. The number of carbonyl (C=O) groups is 1. The molecule has 0 amide bonds. The van der Waals surface area contributed by atoms with Crippen molar-refractivity contribution in [2.45, 2.75) is 65.3 Å². The lowest BCUT2D eigenvalue weighted by Gasteiger charge is -2.42. The van der Waals surface area contributed by atoms with E-state index in [9.17, 15) is 4.79 Å². The van der Waals surface area contributed by atoms with Crippen molar-refractivity contribution in [3.05, 3.63) is 23.0 Å². The lowest BCUT2D eigenvalue weighted by molar-refractivity contribution is 0.0969. The first-order valence-corrected chi connectivity index (χ1v) is 7.69. The molecule has 1 heterocycles. The summed E-state index contributed by atoms with van der Waals surface area (Å²) in [5, 5.41) is -0.446. The third kappa shape index (κ3) is 2.60. The van der Waals surface area contributed by atoms with Gasteiger partial charge in [-0.15, -0.1) is 11.6 Å². The summed E-state index contributed by atoms with van der Waals surface area (Å²) in [5.74, 6) is 0.0418. The molecule has 2 rings (SSSR count). The number of ketones is 1. The lowest BCUT2D eigenvalue weighted by Crippen LogP contribution is -2.34. The van der Waals surface area contributed by atoms with Gasteiger partial charge in [-0.1, -0.05) is 13.3 Å². The predicted octanol–water partition coefficient (Wildman–Crippen LogP) is 4.50. The van der Waals surface area contributed by atoms with Gasteiger partial charge < -0.3 is 4.57 Å². The molecule has 1 atom stereocenters. The first-order chi connectivity index (χ1) is 8.90. The molecule has 1 unspecified atom stereocenters. The number of hydrogen-bond donors (Lipinski definition) is 0. The summed E-state index contributed by atoms with van der Waals surface area (Å²) in [6, 6.07) is 2.00. The second-order valence-electron chi connectivity index (χ2n) is 6.06. The second kappa shape index (κ2) is 5.32. The second-order valence-corrected chi connectivity index (χ2v) is 6.71. The number of nitrogens with zero attached hydrogens (tertiary/aromatic N) is 1. The maximum absolute atomic E-state index is 12.1. The molecule has 1 aliphatic carbocycles. The molecule has 19 heavy (non-hydrogen) atoms. The summed E-state index contributed by atoms with van der Waals surface area (Å²) >= 11 is 5.94. The molecule has 0 radical (unpaired) electrons. The molecule has 0 aromatic carbocycles. The average molecular weight is 282 g/mol. The van der Waals surface area contributed by atoms with E-state index >= 15 is 0 Å². The number of carbonyl (C=O) groups excluding carboxylic acids is 1. The molecule has 0 N–H and O–H groups in total. The van der Waals surface area contributed by atoms with Crippen LogP contribution < -0.4 is 0 Å². The van der Waals surface area contributed by atoms with Gasteiger partial charge in [-0.05, 0) is 51.5 Å².